The Morgan fingerprint density at radius 2 is 1.71 bits per heavy atom. The lowest BCUT2D eigenvalue weighted by Crippen LogP contribution is -2.35. The van der Waals surface area contributed by atoms with E-state index in [0.717, 1.165) is 16.6 Å². The van der Waals surface area contributed by atoms with Gasteiger partial charge in [0.05, 0.1) is 26.3 Å². The maximum atomic E-state index is 13.0. The van der Waals surface area contributed by atoms with Crippen LogP contribution >= 0.6 is 23.8 Å². The standard InChI is InChI=1S/C26H24ClN3O3S/c1-32-23-12-18-11-19(25(31)29-22(18)14-24(23)33-2)16-30(15-17-7-4-3-5-8-17)26(34)28-21-10-6-9-20(27)13-21/h3-14H,15-16H2,1-2H3,(H,28,34)(H,29,31). The number of ether oxygens (including phenoxy) is 2. The van der Waals surface area contributed by atoms with Gasteiger partial charge in [-0.1, -0.05) is 48.0 Å². The first-order chi connectivity index (χ1) is 16.5. The number of aromatic amines is 1. The van der Waals surface area contributed by atoms with Crippen LogP contribution in [0.2, 0.25) is 5.02 Å². The monoisotopic (exact) mass is 493 g/mol. The summed E-state index contributed by atoms with van der Waals surface area (Å²) in [6.45, 7) is 0.831. The molecule has 0 aliphatic rings. The van der Waals surface area contributed by atoms with Crippen LogP contribution in [0.15, 0.2) is 77.6 Å². The number of methoxy groups -OCH3 is 2. The maximum absolute atomic E-state index is 13.0. The van der Waals surface area contributed by atoms with Gasteiger partial charge in [0.15, 0.2) is 16.6 Å². The highest BCUT2D eigenvalue weighted by molar-refractivity contribution is 7.80. The number of aromatic nitrogens is 1. The van der Waals surface area contributed by atoms with Crippen LogP contribution < -0.4 is 20.3 Å². The highest BCUT2D eigenvalue weighted by atomic mass is 35.5. The number of thiocarbonyl (C=S) groups is 1. The van der Waals surface area contributed by atoms with Crippen molar-refractivity contribution in [2.24, 2.45) is 0 Å². The number of fused-ring (bicyclic) bond motifs is 1. The number of hydrogen-bond donors (Lipinski definition) is 2. The zero-order valence-corrected chi connectivity index (χ0v) is 20.4. The Labute approximate surface area is 208 Å². The topological polar surface area (TPSA) is 66.6 Å². The van der Waals surface area contributed by atoms with E-state index in [1.807, 2.05) is 59.5 Å². The molecule has 0 spiro atoms. The molecule has 1 aromatic heterocycles. The lowest BCUT2D eigenvalue weighted by molar-refractivity contribution is 0.355. The zero-order valence-electron chi connectivity index (χ0n) is 18.8. The fraction of sp³-hybridized carbons (Fsp3) is 0.154. The van der Waals surface area contributed by atoms with Crippen molar-refractivity contribution in [2.45, 2.75) is 13.1 Å². The van der Waals surface area contributed by atoms with E-state index in [1.54, 1.807) is 32.4 Å². The second kappa shape index (κ2) is 10.6. The molecule has 0 amide bonds. The van der Waals surface area contributed by atoms with E-state index in [0.29, 0.717) is 45.8 Å². The number of anilines is 1. The summed E-state index contributed by atoms with van der Waals surface area (Å²) in [5.74, 6) is 1.14. The first kappa shape index (κ1) is 23.6. The summed E-state index contributed by atoms with van der Waals surface area (Å²) in [6.07, 6.45) is 0. The average molecular weight is 494 g/mol. The van der Waals surface area contributed by atoms with Gasteiger partial charge in [0, 0.05) is 34.3 Å². The van der Waals surface area contributed by atoms with Gasteiger partial charge in [0.1, 0.15) is 0 Å². The number of rotatable bonds is 7. The number of nitrogens with one attached hydrogen (secondary N) is 2. The van der Waals surface area contributed by atoms with Crippen LogP contribution in [0, 0.1) is 0 Å². The predicted octanol–water partition coefficient (Wildman–Crippen LogP) is 5.60. The van der Waals surface area contributed by atoms with Crippen LogP contribution in [-0.2, 0) is 13.1 Å². The van der Waals surface area contributed by atoms with Crippen molar-refractivity contribution in [3.8, 4) is 11.5 Å². The summed E-state index contributed by atoms with van der Waals surface area (Å²) in [5, 5.41) is 5.16. The smallest absolute Gasteiger partial charge is 0.253 e. The first-order valence-corrected chi connectivity index (χ1v) is 11.4. The van der Waals surface area contributed by atoms with Crippen molar-refractivity contribution in [3.63, 3.8) is 0 Å². The molecule has 0 saturated heterocycles. The number of hydrogen-bond acceptors (Lipinski definition) is 4. The van der Waals surface area contributed by atoms with Crippen molar-refractivity contribution in [1.29, 1.82) is 0 Å². The van der Waals surface area contributed by atoms with E-state index in [4.69, 9.17) is 33.3 Å². The van der Waals surface area contributed by atoms with Crippen LogP contribution in [0.4, 0.5) is 5.69 Å². The fourth-order valence-electron chi connectivity index (χ4n) is 3.67. The highest BCUT2D eigenvalue weighted by Gasteiger charge is 2.16. The molecule has 1 heterocycles. The number of pyridine rings is 1. The van der Waals surface area contributed by atoms with E-state index in [1.165, 1.54) is 0 Å². The molecule has 4 rings (SSSR count). The largest absolute Gasteiger partial charge is 0.493 e. The first-order valence-electron chi connectivity index (χ1n) is 10.6. The Balaban J connectivity index is 1.67. The Bertz CT molecular complexity index is 1380. The average Bonchev–Trinajstić information content (AvgIpc) is 2.84. The van der Waals surface area contributed by atoms with Gasteiger partial charge >= 0.3 is 0 Å². The lowest BCUT2D eigenvalue weighted by atomic mass is 10.1. The van der Waals surface area contributed by atoms with Crippen LogP contribution in [-0.4, -0.2) is 29.2 Å². The van der Waals surface area contributed by atoms with E-state index >= 15 is 0 Å². The molecule has 174 valence electrons. The Morgan fingerprint density at radius 1 is 0.971 bits per heavy atom. The zero-order chi connectivity index (χ0) is 24.1. The van der Waals surface area contributed by atoms with Gasteiger partial charge in [-0.2, -0.15) is 0 Å². The molecular formula is C26H24ClN3O3S. The molecule has 0 fully saturated rings. The van der Waals surface area contributed by atoms with Crippen molar-refractivity contribution in [1.82, 2.24) is 9.88 Å². The van der Waals surface area contributed by atoms with Gasteiger partial charge in [-0.15, -0.1) is 0 Å². The minimum Gasteiger partial charge on any atom is -0.493 e. The third kappa shape index (κ3) is 5.50. The maximum Gasteiger partial charge on any atom is 0.253 e. The third-order valence-electron chi connectivity index (χ3n) is 5.37. The van der Waals surface area contributed by atoms with Gasteiger partial charge in [-0.05, 0) is 48.1 Å². The summed E-state index contributed by atoms with van der Waals surface area (Å²) in [6, 6.07) is 22.8. The molecule has 0 radical (unpaired) electrons. The Kier molecular flexibility index (Phi) is 7.35. The third-order valence-corrected chi connectivity index (χ3v) is 5.96. The molecule has 6 nitrogen and oxygen atoms in total. The van der Waals surface area contributed by atoms with Crippen molar-refractivity contribution in [2.75, 3.05) is 19.5 Å². The van der Waals surface area contributed by atoms with Gasteiger partial charge in [-0.25, -0.2) is 0 Å². The SMILES string of the molecule is COc1cc2cc(CN(Cc3ccccc3)C(=S)Nc3cccc(Cl)c3)c(=O)[nH]c2cc1OC. The number of H-pyrrole nitrogens is 1. The number of halogens is 1. The quantitative estimate of drug-likeness (QED) is 0.327. The second-order valence-corrected chi connectivity index (χ2v) is 8.52. The van der Waals surface area contributed by atoms with Gasteiger partial charge < -0.3 is 24.7 Å². The highest BCUT2D eigenvalue weighted by Crippen LogP contribution is 2.31. The normalized spacial score (nSPS) is 10.7. The van der Waals surface area contributed by atoms with Crippen molar-refractivity contribution < 1.29 is 9.47 Å². The van der Waals surface area contributed by atoms with E-state index < -0.39 is 0 Å². The molecular weight excluding hydrogens is 470 g/mol. The van der Waals surface area contributed by atoms with Crippen LogP contribution in [0.3, 0.4) is 0 Å². The molecule has 0 bridgehead atoms. The van der Waals surface area contributed by atoms with Crippen molar-refractivity contribution in [3.05, 3.63) is 99.3 Å². The molecule has 8 heteroatoms. The Morgan fingerprint density at radius 3 is 2.41 bits per heavy atom. The second-order valence-electron chi connectivity index (χ2n) is 7.70. The summed E-state index contributed by atoms with van der Waals surface area (Å²) in [4.78, 5) is 17.9. The Hall–Kier alpha value is -3.55. The predicted molar refractivity (Wildman–Crippen MR) is 141 cm³/mol. The summed E-state index contributed by atoms with van der Waals surface area (Å²) < 4.78 is 10.8. The van der Waals surface area contributed by atoms with Gasteiger partial charge in [0.2, 0.25) is 0 Å². The molecule has 0 aliphatic heterocycles. The minimum atomic E-state index is -0.191. The molecule has 0 atom stereocenters. The van der Waals surface area contributed by atoms with Crippen LogP contribution in [0.25, 0.3) is 10.9 Å². The van der Waals surface area contributed by atoms with Gasteiger partial charge in [0.25, 0.3) is 5.56 Å². The lowest BCUT2D eigenvalue weighted by Gasteiger charge is -2.26. The summed E-state index contributed by atoms with van der Waals surface area (Å²) in [5.41, 5.74) is 2.90. The van der Waals surface area contributed by atoms with Crippen LogP contribution in [0.5, 0.6) is 11.5 Å². The molecule has 0 aliphatic carbocycles. The van der Waals surface area contributed by atoms with E-state index in [-0.39, 0.29) is 5.56 Å². The molecule has 3 aromatic carbocycles. The molecule has 34 heavy (non-hydrogen) atoms. The van der Waals surface area contributed by atoms with Gasteiger partial charge in [-0.3, -0.25) is 4.79 Å². The number of nitrogens with zero attached hydrogens (tertiary/aromatic N) is 1. The summed E-state index contributed by atoms with van der Waals surface area (Å²) in [7, 11) is 3.14. The molecule has 0 unspecified atom stereocenters. The minimum absolute atomic E-state index is 0.191. The molecule has 4 aromatic rings. The van der Waals surface area contributed by atoms with E-state index in [9.17, 15) is 4.79 Å². The number of benzene rings is 3. The molecule has 2 N–H and O–H groups in total. The molecule has 0 saturated carbocycles. The van der Waals surface area contributed by atoms with Crippen LogP contribution in [0.1, 0.15) is 11.1 Å². The van der Waals surface area contributed by atoms with E-state index in [2.05, 4.69) is 10.3 Å². The van der Waals surface area contributed by atoms with Crippen molar-refractivity contribution >= 4 is 45.5 Å². The fourth-order valence-corrected chi connectivity index (χ4v) is 4.11. The summed E-state index contributed by atoms with van der Waals surface area (Å²) >= 11 is 11.9.